The molecule has 0 spiro atoms. The molecule has 0 radical (unpaired) electrons. The van der Waals surface area contributed by atoms with Crippen LogP contribution in [0.2, 0.25) is 0 Å². The number of fused-ring (bicyclic) bond motifs is 1. The van der Waals surface area contributed by atoms with Crippen molar-refractivity contribution in [2.45, 2.75) is 6.18 Å². The maximum atomic E-state index is 10.6. The molecule has 12 heteroatoms. The highest BCUT2D eigenvalue weighted by molar-refractivity contribution is 9.10. The molecule has 0 atom stereocenters. The Balaban J connectivity index is 0.000000412. The topological polar surface area (TPSA) is 101 Å². The highest BCUT2D eigenvalue weighted by atomic mass is 79.9. The zero-order valence-corrected chi connectivity index (χ0v) is 16.5. The second-order valence-electron chi connectivity index (χ2n) is 4.56. The number of aromatic nitrogens is 2. The van der Waals surface area contributed by atoms with Crippen LogP contribution in [0.4, 0.5) is 19.0 Å². The smallest absolute Gasteiger partial charge is 0.475 e. The Hall–Kier alpha value is -1.24. The first kappa shape index (κ1) is 22.8. The van der Waals surface area contributed by atoms with Crippen LogP contribution >= 0.6 is 37.5 Å². The summed E-state index contributed by atoms with van der Waals surface area (Å²) in [5, 5.41) is 11.5. The molecule has 6 nitrogen and oxygen atoms in total. The molecule has 26 heavy (non-hydrogen) atoms. The monoisotopic (exact) mass is 472 g/mol. The van der Waals surface area contributed by atoms with Crippen molar-refractivity contribution in [2.75, 3.05) is 29.9 Å². The molecule has 0 aromatic carbocycles. The van der Waals surface area contributed by atoms with E-state index in [9.17, 15) is 13.2 Å². The zero-order chi connectivity index (χ0) is 19.6. The van der Waals surface area contributed by atoms with Gasteiger partial charge in [0.25, 0.3) is 0 Å². The van der Waals surface area contributed by atoms with Gasteiger partial charge in [-0.2, -0.15) is 13.2 Å². The predicted molar refractivity (Wildman–Crippen MR) is 103 cm³/mol. The Kier molecular flexibility index (Phi) is 10.1. The van der Waals surface area contributed by atoms with E-state index in [1.54, 1.807) is 17.0 Å². The van der Waals surface area contributed by atoms with Crippen molar-refractivity contribution in [1.82, 2.24) is 9.97 Å². The van der Waals surface area contributed by atoms with Gasteiger partial charge in [0.15, 0.2) is 5.65 Å². The number of hydrogen-bond acceptors (Lipinski definition) is 7. The van der Waals surface area contributed by atoms with Crippen LogP contribution in [-0.4, -0.2) is 51.8 Å². The molecule has 0 saturated carbocycles. The van der Waals surface area contributed by atoms with Crippen molar-refractivity contribution in [1.29, 1.82) is 0 Å². The molecule has 0 saturated heterocycles. The number of carboxylic acid groups (broad SMARTS) is 1. The number of aliphatic carboxylic acids is 1. The van der Waals surface area contributed by atoms with E-state index in [0.29, 0.717) is 0 Å². The van der Waals surface area contributed by atoms with Crippen LogP contribution < -0.4 is 11.1 Å². The van der Waals surface area contributed by atoms with E-state index in [0.717, 1.165) is 45.9 Å². The van der Waals surface area contributed by atoms with Crippen LogP contribution in [0, 0.1) is 0 Å². The zero-order valence-electron chi connectivity index (χ0n) is 13.3. The number of hydrogen-bond donors (Lipinski definition) is 3. The van der Waals surface area contributed by atoms with E-state index in [1.807, 2.05) is 29.0 Å². The second kappa shape index (κ2) is 11.5. The SMILES string of the molecule is NCCSSCCNc1ccc2cc(Br)cnc2n1.O=C(O)C(F)(F)F. The van der Waals surface area contributed by atoms with Crippen LogP contribution in [0.15, 0.2) is 28.9 Å². The van der Waals surface area contributed by atoms with Crippen molar-refractivity contribution in [3.8, 4) is 0 Å². The molecule has 0 aliphatic rings. The Morgan fingerprint density at radius 2 is 1.96 bits per heavy atom. The lowest BCUT2D eigenvalue weighted by atomic mass is 10.3. The lowest BCUT2D eigenvalue weighted by Gasteiger charge is -2.06. The van der Waals surface area contributed by atoms with E-state index in [2.05, 4.69) is 31.2 Å². The molecule has 2 aromatic heterocycles. The van der Waals surface area contributed by atoms with Crippen molar-refractivity contribution in [3.05, 3.63) is 28.9 Å². The molecular weight excluding hydrogens is 457 g/mol. The molecule has 2 heterocycles. The maximum Gasteiger partial charge on any atom is 0.490 e. The average molecular weight is 473 g/mol. The Morgan fingerprint density at radius 3 is 2.58 bits per heavy atom. The summed E-state index contributed by atoms with van der Waals surface area (Å²) in [5.41, 5.74) is 6.19. The maximum absolute atomic E-state index is 10.6. The third-order valence-corrected chi connectivity index (χ3v) is 5.40. The van der Waals surface area contributed by atoms with E-state index in [-0.39, 0.29) is 0 Å². The van der Waals surface area contributed by atoms with Gasteiger partial charge in [0, 0.05) is 40.7 Å². The number of nitrogens with one attached hydrogen (secondary N) is 1. The molecule has 144 valence electrons. The molecule has 2 rings (SSSR count). The standard InChI is InChI=1S/C12H15BrN4S2.C2HF3O2/c13-10-7-9-1-2-11(17-12(9)16-8-10)15-4-6-19-18-5-3-14;3-2(4,5)1(6)7/h1-2,7-8H,3-6,14H2,(H,15,16,17);(H,6,7). The predicted octanol–water partition coefficient (Wildman–Crippen LogP) is 3.78. The summed E-state index contributed by atoms with van der Waals surface area (Å²) in [6.45, 7) is 1.62. The van der Waals surface area contributed by atoms with Gasteiger partial charge >= 0.3 is 12.1 Å². The minimum absolute atomic E-state index is 0.735. The summed E-state index contributed by atoms with van der Waals surface area (Å²) in [7, 11) is 3.63. The van der Waals surface area contributed by atoms with Crippen LogP contribution in [-0.2, 0) is 4.79 Å². The lowest BCUT2D eigenvalue weighted by molar-refractivity contribution is -0.192. The number of anilines is 1. The molecule has 0 bridgehead atoms. The highest BCUT2D eigenvalue weighted by Crippen LogP contribution is 2.20. The van der Waals surface area contributed by atoms with Crippen LogP contribution in [0.5, 0.6) is 0 Å². The molecule has 4 N–H and O–H groups in total. The lowest BCUT2D eigenvalue weighted by Crippen LogP contribution is -2.21. The van der Waals surface area contributed by atoms with Gasteiger partial charge in [0.05, 0.1) is 0 Å². The van der Waals surface area contributed by atoms with Crippen LogP contribution in [0.1, 0.15) is 0 Å². The molecule has 0 fully saturated rings. The van der Waals surface area contributed by atoms with Crippen molar-refractivity contribution in [2.24, 2.45) is 5.73 Å². The Labute approximate surface area is 164 Å². The number of pyridine rings is 2. The normalized spacial score (nSPS) is 11.0. The van der Waals surface area contributed by atoms with E-state index in [4.69, 9.17) is 15.6 Å². The van der Waals surface area contributed by atoms with Crippen LogP contribution in [0.3, 0.4) is 0 Å². The molecule has 0 aliphatic heterocycles. The number of carboxylic acids is 1. The van der Waals surface area contributed by atoms with Crippen molar-refractivity contribution >= 4 is 60.3 Å². The second-order valence-corrected chi connectivity index (χ2v) is 8.18. The summed E-state index contributed by atoms with van der Waals surface area (Å²) >= 11 is 3.40. The van der Waals surface area contributed by atoms with Gasteiger partial charge in [-0.05, 0) is 34.1 Å². The largest absolute Gasteiger partial charge is 0.490 e. The minimum Gasteiger partial charge on any atom is -0.475 e. The molecule has 2 aromatic rings. The average Bonchev–Trinajstić information content (AvgIpc) is 2.57. The number of carbonyl (C=O) groups is 1. The summed E-state index contributed by atoms with van der Waals surface area (Å²) < 4.78 is 32.7. The van der Waals surface area contributed by atoms with E-state index >= 15 is 0 Å². The third kappa shape index (κ3) is 8.92. The first-order valence-corrected chi connectivity index (χ1v) is 10.4. The van der Waals surface area contributed by atoms with Gasteiger partial charge < -0.3 is 16.2 Å². The van der Waals surface area contributed by atoms with Gasteiger partial charge in [0.2, 0.25) is 0 Å². The molecule has 0 unspecified atom stereocenters. The number of halogens is 4. The van der Waals surface area contributed by atoms with Gasteiger partial charge in [-0.1, -0.05) is 21.6 Å². The van der Waals surface area contributed by atoms with Gasteiger partial charge in [-0.25, -0.2) is 14.8 Å². The third-order valence-electron chi connectivity index (χ3n) is 2.53. The van der Waals surface area contributed by atoms with Gasteiger partial charge in [-0.15, -0.1) is 0 Å². The summed E-state index contributed by atoms with van der Waals surface area (Å²) in [5.74, 6) is 0.134. The number of nitrogens with zero attached hydrogens (tertiary/aromatic N) is 2. The Morgan fingerprint density at radius 1 is 1.31 bits per heavy atom. The number of nitrogens with two attached hydrogens (primary N) is 1. The fourth-order valence-electron chi connectivity index (χ4n) is 1.47. The Bertz CT molecular complexity index is 722. The fourth-order valence-corrected chi connectivity index (χ4v) is 3.58. The quantitative estimate of drug-likeness (QED) is 0.413. The molecular formula is C14H16BrF3N4O2S2. The van der Waals surface area contributed by atoms with Crippen LogP contribution in [0.25, 0.3) is 11.0 Å². The van der Waals surface area contributed by atoms with Crippen molar-refractivity contribution < 1.29 is 23.1 Å². The fraction of sp³-hybridized carbons (Fsp3) is 0.357. The van der Waals surface area contributed by atoms with E-state index < -0.39 is 12.1 Å². The minimum atomic E-state index is -5.08. The first-order chi connectivity index (χ1) is 12.2. The summed E-state index contributed by atoms with van der Waals surface area (Å²) in [6.07, 6.45) is -3.32. The first-order valence-electron chi connectivity index (χ1n) is 7.15. The summed E-state index contributed by atoms with van der Waals surface area (Å²) in [6, 6.07) is 6.02. The number of alkyl halides is 3. The molecule has 0 aliphatic carbocycles. The van der Waals surface area contributed by atoms with Gasteiger partial charge in [0.1, 0.15) is 5.82 Å². The van der Waals surface area contributed by atoms with E-state index in [1.165, 1.54) is 0 Å². The molecule has 0 amide bonds. The van der Waals surface area contributed by atoms with Crippen molar-refractivity contribution in [3.63, 3.8) is 0 Å². The number of rotatable bonds is 7. The summed E-state index contributed by atoms with van der Waals surface area (Å²) in [4.78, 5) is 17.7. The van der Waals surface area contributed by atoms with Gasteiger partial charge in [-0.3, -0.25) is 0 Å². The highest BCUT2D eigenvalue weighted by Gasteiger charge is 2.38.